The number of anilines is 1. The van der Waals surface area contributed by atoms with Crippen LogP contribution >= 0.6 is 0 Å². The molecule has 1 heterocycles. The lowest BCUT2D eigenvalue weighted by atomic mass is 10.1. The molecule has 1 aromatic carbocycles. The predicted molar refractivity (Wildman–Crippen MR) is 67.2 cm³/mol. The third-order valence-electron chi connectivity index (χ3n) is 2.92. The number of carbonyl (C=O) groups excluding carboxylic acids is 1. The van der Waals surface area contributed by atoms with Crippen LogP contribution in [0.1, 0.15) is 27.2 Å². The average Bonchev–Trinajstić information content (AvgIpc) is 2.64. The number of benzene rings is 1. The number of halogens is 1. The average molecular weight is 247 g/mol. The van der Waals surface area contributed by atoms with E-state index in [2.05, 4.69) is 15.5 Å². The quantitative estimate of drug-likeness (QED) is 0.857. The number of amides is 1. The number of nitrogens with zero attached hydrogens (tertiary/aromatic N) is 1. The van der Waals surface area contributed by atoms with Gasteiger partial charge in [0, 0.05) is 16.8 Å². The summed E-state index contributed by atoms with van der Waals surface area (Å²) < 4.78 is 13.4. The van der Waals surface area contributed by atoms with E-state index in [1.165, 1.54) is 6.07 Å². The van der Waals surface area contributed by atoms with E-state index in [1.807, 2.05) is 13.8 Å². The zero-order valence-electron chi connectivity index (χ0n) is 10.5. The molecule has 5 heteroatoms. The number of rotatable bonds is 2. The summed E-state index contributed by atoms with van der Waals surface area (Å²) in [6, 6.07) is 4.38. The van der Waals surface area contributed by atoms with Gasteiger partial charge in [-0.15, -0.1) is 0 Å². The molecule has 0 bridgehead atoms. The zero-order valence-corrected chi connectivity index (χ0v) is 10.5. The standard InChI is InChI=1S/C13H14FN3O/c1-7-4-5-10(6-11(7)14)13(18)15-12-8(2)9(3)16-17-12/h4-6H,1-3H3,(H2,15,16,17,18). The number of aromatic nitrogens is 2. The summed E-state index contributed by atoms with van der Waals surface area (Å²) >= 11 is 0. The summed E-state index contributed by atoms with van der Waals surface area (Å²) in [6.45, 7) is 5.37. The predicted octanol–water partition coefficient (Wildman–Crippen LogP) is 2.73. The van der Waals surface area contributed by atoms with Gasteiger partial charge in [0.25, 0.3) is 5.91 Å². The molecule has 0 spiro atoms. The topological polar surface area (TPSA) is 57.8 Å². The second-order valence-corrected chi connectivity index (χ2v) is 4.24. The third kappa shape index (κ3) is 2.25. The van der Waals surface area contributed by atoms with E-state index in [-0.39, 0.29) is 11.5 Å². The second kappa shape index (κ2) is 4.60. The summed E-state index contributed by atoms with van der Waals surface area (Å²) in [7, 11) is 0. The van der Waals surface area contributed by atoms with E-state index in [9.17, 15) is 9.18 Å². The van der Waals surface area contributed by atoms with Crippen molar-refractivity contribution < 1.29 is 9.18 Å². The highest BCUT2D eigenvalue weighted by Gasteiger charge is 2.12. The van der Waals surface area contributed by atoms with Crippen LogP contribution in [0, 0.1) is 26.6 Å². The van der Waals surface area contributed by atoms with Gasteiger partial charge in [-0.3, -0.25) is 9.89 Å². The van der Waals surface area contributed by atoms with Crippen LogP contribution < -0.4 is 5.32 Å². The van der Waals surface area contributed by atoms with Crippen LogP contribution in [0.4, 0.5) is 10.2 Å². The van der Waals surface area contributed by atoms with E-state index < -0.39 is 5.82 Å². The van der Waals surface area contributed by atoms with Gasteiger partial charge in [0.15, 0.2) is 5.82 Å². The van der Waals surface area contributed by atoms with E-state index in [4.69, 9.17) is 0 Å². The Morgan fingerprint density at radius 2 is 2.06 bits per heavy atom. The van der Waals surface area contributed by atoms with E-state index >= 15 is 0 Å². The molecule has 4 nitrogen and oxygen atoms in total. The van der Waals surface area contributed by atoms with Crippen molar-refractivity contribution >= 4 is 11.7 Å². The van der Waals surface area contributed by atoms with E-state index in [1.54, 1.807) is 19.1 Å². The Bertz CT molecular complexity index is 604. The molecule has 0 atom stereocenters. The van der Waals surface area contributed by atoms with Crippen LogP contribution in [-0.2, 0) is 0 Å². The van der Waals surface area contributed by atoms with E-state index in [0.717, 1.165) is 11.3 Å². The van der Waals surface area contributed by atoms with Crippen LogP contribution in [0.5, 0.6) is 0 Å². The number of hydrogen-bond donors (Lipinski definition) is 2. The SMILES string of the molecule is Cc1ccc(C(=O)Nc2n[nH]c(C)c2C)cc1F. The Morgan fingerprint density at radius 3 is 2.61 bits per heavy atom. The summed E-state index contributed by atoms with van der Waals surface area (Å²) in [5.41, 5.74) is 2.55. The smallest absolute Gasteiger partial charge is 0.256 e. The number of nitrogens with one attached hydrogen (secondary N) is 2. The molecular formula is C13H14FN3O. The van der Waals surface area contributed by atoms with Gasteiger partial charge in [0.2, 0.25) is 0 Å². The molecule has 0 saturated heterocycles. The summed E-state index contributed by atoms with van der Waals surface area (Å²) in [5.74, 6) is -0.292. The molecule has 1 aromatic heterocycles. The highest BCUT2D eigenvalue weighted by Crippen LogP contribution is 2.16. The first-order valence-electron chi connectivity index (χ1n) is 5.58. The highest BCUT2D eigenvalue weighted by molar-refractivity contribution is 6.04. The Kier molecular flexibility index (Phi) is 3.14. The number of hydrogen-bond acceptors (Lipinski definition) is 2. The van der Waals surface area contributed by atoms with Gasteiger partial charge in [0.1, 0.15) is 5.82 Å². The summed E-state index contributed by atoms with van der Waals surface area (Å²) in [6.07, 6.45) is 0. The van der Waals surface area contributed by atoms with Gasteiger partial charge in [-0.1, -0.05) is 6.07 Å². The first-order valence-corrected chi connectivity index (χ1v) is 5.58. The largest absolute Gasteiger partial charge is 0.305 e. The lowest BCUT2D eigenvalue weighted by Gasteiger charge is -2.04. The van der Waals surface area contributed by atoms with Crippen molar-refractivity contribution in [1.82, 2.24) is 10.2 Å². The second-order valence-electron chi connectivity index (χ2n) is 4.24. The molecule has 0 aliphatic carbocycles. The fourth-order valence-corrected chi connectivity index (χ4v) is 1.52. The molecular weight excluding hydrogens is 233 g/mol. The van der Waals surface area contributed by atoms with Crippen molar-refractivity contribution in [3.05, 3.63) is 46.4 Å². The molecule has 0 fully saturated rings. The first kappa shape index (κ1) is 12.3. The first-order chi connectivity index (χ1) is 8.49. The molecule has 1 amide bonds. The monoisotopic (exact) mass is 247 g/mol. The molecule has 0 radical (unpaired) electrons. The fraction of sp³-hybridized carbons (Fsp3) is 0.231. The minimum atomic E-state index is -0.391. The lowest BCUT2D eigenvalue weighted by molar-refractivity contribution is 0.102. The van der Waals surface area contributed by atoms with Gasteiger partial charge in [-0.25, -0.2) is 4.39 Å². The maximum Gasteiger partial charge on any atom is 0.256 e. The molecule has 0 aliphatic heterocycles. The molecule has 2 aromatic rings. The van der Waals surface area contributed by atoms with Crippen molar-refractivity contribution in [2.75, 3.05) is 5.32 Å². The van der Waals surface area contributed by atoms with Crippen molar-refractivity contribution in [3.63, 3.8) is 0 Å². The number of carbonyl (C=O) groups is 1. The van der Waals surface area contributed by atoms with Gasteiger partial charge >= 0.3 is 0 Å². The van der Waals surface area contributed by atoms with Crippen molar-refractivity contribution in [2.45, 2.75) is 20.8 Å². The normalized spacial score (nSPS) is 10.4. The number of aromatic amines is 1. The Balaban J connectivity index is 2.22. The molecule has 0 unspecified atom stereocenters. The van der Waals surface area contributed by atoms with Gasteiger partial charge < -0.3 is 5.32 Å². The molecule has 0 saturated carbocycles. The van der Waals surface area contributed by atoms with Crippen LogP contribution in [0.3, 0.4) is 0 Å². The number of aryl methyl sites for hydroxylation is 2. The van der Waals surface area contributed by atoms with E-state index in [0.29, 0.717) is 11.4 Å². The van der Waals surface area contributed by atoms with Crippen molar-refractivity contribution in [1.29, 1.82) is 0 Å². The Morgan fingerprint density at radius 1 is 1.33 bits per heavy atom. The summed E-state index contributed by atoms with van der Waals surface area (Å²) in [5, 5.41) is 9.39. The minimum Gasteiger partial charge on any atom is -0.305 e. The van der Waals surface area contributed by atoms with Gasteiger partial charge in [0.05, 0.1) is 0 Å². The van der Waals surface area contributed by atoms with Crippen LogP contribution in [0.25, 0.3) is 0 Å². The van der Waals surface area contributed by atoms with Crippen LogP contribution in [0.15, 0.2) is 18.2 Å². The van der Waals surface area contributed by atoms with Gasteiger partial charge in [-0.05, 0) is 38.5 Å². The fourth-order valence-electron chi connectivity index (χ4n) is 1.52. The third-order valence-corrected chi connectivity index (χ3v) is 2.92. The molecule has 0 aliphatic rings. The van der Waals surface area contributed by atoms with Crippen LogP contribution in [-0.4, -0.2) is 16.1 Å². The highest BCUT2D eigenvalue weighted by atomic mass is 19.1. The Hall–Kier alpha value is -2.17. The van der Waals surface area contributed by atoms with Crippen molar-refractivity contribution in [2.24, 2.45) is 0 Å². The van der Waals surface area contributed by atoms with Gasteiger partial charge in [-0.2, -0.15) is 5.10 Å². The maximum absolute atomic E-state index is 13.4. The molecule has 94 valence electrons. The molecule has 2 rings (SSSR count). The lowest BCUT2D eigenvalue weighted by Crippen LogP contribution is -2.13. The van der Waals surface area contributed by atoms with Crippen LogP contribution in [0.2, 0.25) is 0 Å². The molecule has 18 heavy (non-hydrogen) atoms. The minimum absolute atomic E-state index is 0.276. The van der Waals surface area contributed by atoms with Crippen molar-refractivity contribution in [3.8, 4) is 0 Å². The Labute approximate surface area is 104 Å². The number of H-pyrrole nitrogens is 1. The summed E-state index contributed by atoms with van der Waals surface area (Å²) in [4.78, 5) is 11.9. The molecule has 2 N–H and O–H groups in total. The maximum atomic E-state index is 13.4. The zero-order chi connectivity index (χ0) is 13.3.